The number of nitrogens with zero attached hydrogens (tertiary/aromatic N) is 1. The van der Waals surface area contributed by atoms with Crippen LogP contribution in [0.3, 0.4) is 0 Å². The minimum absolute atomic E-state index is 0. The van der Waals surface area contributed by atoms with Crippen molar-refractivity contribution in [1.29, 1.82) is 0 Å². The van der Waals surface area contributed by atoms with Crippen LogP contribution >= 0.6 is 31.3 Å². The molecule has 7 nitrogen and oxygen atoms in total. The summed E-state index contributed by atoms with van der Waals surface area (Å²) in [5.41, 5.74) is 0. The van der Waals surface area contributed by atoms with Gasteiger partial charge < -0.3 is 14.7 Å². The van der Waals surface area contributed by atoms with Crippen LogP contribution in [0, 0.1) is 7.05 Å². The van der Waals surface area contributed by atoms with E-state index in [1.807, 2.05) is 14.1 Å². The Bertz CT molecular complexity index is 959. The molecule has 66 heavy (non-hydrogen) atoms. The van der Waals surface area contributed by atoms with E-state index in [0.717, 1.165) is 55.6 Å². The molecule has 3 N–H and O–H groups in total. The molecule has 0 aromatic rings. The third-order valence-electron chi connectivity index (χ3n) is 13.0. The molecule has 0 heterocycles. The zero-order chi connectivity index (χ0) is 47.6. The zero-order valence-corrected chi connectivity index (χ0v) is 46.7. The number of aliphatic hydroxyl groups excluding tert-OH is 2. The normalized spacial score (nSPS) is 13.8. The van der Waals surface area contributed by atoms with Crippen LogP contribution in [0.15, 0.2) is 0 Å². The van der Waals surface area contributed by atoms with Crippen molar-refractivity contribution in [2.24, 2.45) is 0 Å². The van der Waals surface area contributed by atoms with E-state index in [0.29, 0.717) is 37.5 Å². The molecule has 400 valence electrons. The van der Waals surface area contributed by atoms with Gasteiger partial charge in [-0.15, -0.1) is 7.05 Å². The topological polar surface area (TPSA) is 88.0 Å². The van der Waals surface area contributed by atoms with Gasteiger partial charge in [-0.3, -0.25) is 9.05 Å². The zero-order valence-electron chi connectivity index (χ0n) is 44.1. The van der Waals surface area contributed by atoms with Crippen LogP contribution in [0.1, 0.15) is 278 Å². The van der Waals surface area contributed by atoms with Crippen molar-refractivity contribution in [3.8, 4) is 0 Å². The fourth-order valence-corrected chi connectivity index (χ4v) is 12.7. The number of hydrogen-bond donors (Lipinski definition) is 3. The number of quaternary nitrogens is 1. The van der Waals surface area contributed by atoms with E-state index < -0.39 is 7.75 Å². The number of likely N-dealkylation sites (N-methyl/N-ethyl adjacent to an activating group) is 1. The van der Waals surface area contributed by atoms with Crippen LogP contribution in [-0.4, -0.2) is 90.3 Å². The summed E-state index contributed by atoms with van der Waals surface area (Å²) < 4.78 is 26.3. The van der Waals surface area contributed by atoms with Crippen LogP contribution in [0.2, 0.25) is 0 Å². The van der Waals surface area contributed by atoms with E-state index in [2.05, 4.69) is 49.5 Å². The van der Waals surface area contributed by atoms with E-state index in [-0.39, 0.29) is 7.43 Å². The highest BCUT2D eigenvalue weighted by atomic mass is 32.2. The highest BCUT2D eigenvalue weighted by Gasteiger charge is 2.24. The molecular formula is C56H119N2O5PS2. The summed E-state index contributed by atoms with van der Waals surface area (Å²) in [4.78, 5) is 0. The smallest absolute Gasteiger partial charge is 0.405 e. The van der Waals surface area contributed by atoms with Gasteiger partial charge in [0.1, 0.15) is 0 Å². The van der Waals surface area contributed by atoms with Crippen molar-refractivity contribution in [2.45, 2.75) is 289 Å². The van der Waals surface area contributed by atoms with Crippen molar-refractivity contribution in [3.63, 3.8) is 0 Å². The summed E-state index contributed by atoms with van der Waals surface area (Å²) in [5.74, 6) is 2.60. The molecule has 0 aromatic carbocycles. The molecule has 0 saturated carbocycles. The van der Waals surface area contributed by atoms with Crippen molar-refractivity contribution in [2.75, 3.05) is 65.1 Å². The maximum absolute atomic E-state index is 13.8. The average Bonchev–Trinajstić information content (AvgIpc) is 3.28. The Morgan fingerprint density at radius 2 is 0.758 bits per heavy atom. The molecule has 0 radical (unpaired) electrons. The van der Waals surface area contributed by atoms with Gasteiger partial charge in [-0.25, -0.2) is 9.65 Å². The third kappa shape index (κ3) is 52.5. The Hall–Kier alpha value is 0.690. The second kappa shape index (κ2) is 53.5. The lowest BCUT2D eigenvalue weighted by Crippen LogP contribution is -2.38. The van der Waals surface area contributed by atoms with E-state index in [1.165, 1.54) is 230 Å². The predicted molar refractivity (Wildman–Crippen MR) is 299 cm³/mol. The summed E-state index contributed by atoms with van der Waals surface area (Å²) in [6.07, 6.45) is 51.4. The maximum Gasteiger partial charge on any atom is 0.405 e. The molecule has 0 aromatic heterocycles. The first kappa shape index (κ1) is 68.8. The number of aliphatic hydroxyl groups is 2. The third-order valence-corrected chi connectivity index (χ3v) is 17.5. The van der Waals surface area contributed by atoms with Crippen LogP contribution in [0.5, 0.6) is 0 Å². The van der Waals surface area contributed by atoms with Gasteiger partial charge in [0, 0.05) is 37.8 Å². The molecule has 3 unspecified atom stereocenters. The lowest BCUT2D eigenvalue weighted by molar-refractivity contribution is -0.844. The van der Waals surface area contributed by atoms with Gasteiger partial charge in [0.05, 0.1) is 26.3 Å². The summed E-state index contributed by atoms with van der Waals surface area (Å²) in [6, 6.07) is 0. The van der Waals surface area contributed by atoms with Gasteiger partial charge >= 0.3 is 7.75 Å². The number of unbranched alkanes of at least 4 members (excludes halogenated alkanes) is 30. The molecule has 3 atom stereocenters. The fourth-order valence-electron chi connectivity index (χ4n) is 8.62. The highest BCUT2D eigenvalue weighted by molar-refractivity contribution is 8.00. The Kier molecular flexibility index (Phi) is 55.7. The van der Waals surface area contributed by atoms with Crippen molar-refractivity contribution in [3.05, 3.63) is 7.05 Å². The van der Waals surface area contributed by atoms with Crippen molar-refractivity contribution in [1.82, 2.24) is 5.09 Å². The number of thioether (sulfide) groups is 2. The molecule has 0 fully saturated rings. The van der Waals surface area contributed by atoms with Gasteiger partial charge in [-0.05, 0) is 75.7 Å². The molecule has 0 aliphatic carbocycles. The number of rotatable bonds is 56. The van der Waals surface area contributed by atoms with Gasteiger partial charge in [-0.2, -0.15) is 23.5 Å². The van der Waals surface area contributed by atoms with Crippen LogP contribution < -0.4 is 5.09 Å². The Morgan fingerprint density at radius 3 is 1.08 bits per heavy atom. The van der Waals surface area contributed by atoms with Crippen LogP contribution in [0.4, 0.5) is 0 Å². The largest absolute Gasteiger partial charge is 0.461 e. The molecule has 0 amide bonds. The molecule has 0 spiro atoms. The first-order valence-electron chi connectivity index (χ1n) is 28.5. The van der Waals surface area contributed by atoms with E-state index in [1.54, 1.807) is 0 Å². The lowest BCUT2D eigenvalue weighted by Gasteiger charge is -2.33. The summed E-state index contributed by atoms with van der Waals surface area (Å²) in [6.45, 7) is 7.55. The van der Waals surface area contributed by atoms with Crippen LogP contribution in [-0.2, 0) is 13.6 Å². The first-order chi connectivity index (χ1) is 31.7. The van der Waals surface area contributed by atoms with E-state index >= 15 is 0 Å². The van der Waals surface area contributed by atoms with E-state index in [4.69, 9.17) is 19.3 Å². The molecule has 10 heteroatoms. The minimum Gasteiger partial charge on any atom is -0.461 e. The predicted octanol–water partition coefficient (Wildman–Crippen LogP) is 18.1. The first-order valence-corrected chi connectivity index (χ1v) is 32.1. The second-order valence-electron chi connectivity index (χ2n) is 20.3. The second-order valence-corrected chi connectivity index (χ2v) is 25.0. The quantitative estimate of drug-likeness (QED) is 0.0240. The number of nitrogens with one attached hydrogen (secondary N) is 1. The Labute approximate surface area is 423 Å². The molecular weight excluding hydrogens is 876 g/mol. The van der Waals surface area contributed by atoms with Gasteiger partial charge in [0.15, 0.2) is 0 Å². The molecule has 0 saturated heterocycles. The standard InChI is InChI=1S/C55H115N2O5PS2.CH4/c1-6-8-10-12-15-23-33-43-55(65-53-41-31-21-27-37-49-59)45-35-25-17-19-29-39-51-62-63(60,56-46-47-57(3,4)5)61-50-38-28-18-14-16-24-34-44-54(42-32-22-13-11-9-7-2)64-52-40-30-20-26-36-48-58;/h54-55,58-59H,3,6-53H2,1-2,4-5H3,(H,56,60);1H4. The molecule has 0 bridgehead atoms. The lowest BCUT2D eigenvalue weighted by atomic mass is 10.0. The minimum atomic E-state index is -3.35. The fraction of sp³-hybridized carbons (Fsp3) is 0.982. The van der Waals surface area contributed by atoms with Gasteiger partial charge in [0.2, 0.25) is 0 Å². The Morgan fingerprint density at radius 1 is 0.470 bits per heavy atom. The molecule has 0 rings (SSSR count). The summed E-state index contributed by atoms with van der Waals surface area (Å²) >= 11 is 4.49. The number of hydrogen-bond acceptors (Lipinski definition) is 7. The average molecular weight is 996 g/mol. The van der Waals surface area contributed by atoms with E-state index in [9.17, 15) is 4.57 Å². The van der Waals surface area contributed by atoms with Crippen molar-refractivity contribution >= 4 is 31.3 Å². The summed E-state index contributed by atoms with van der Waals surface area (Å²) in [7, 11) is 4.91. The monoisotopic (exact) mass is 995 g/mol. The molecule has 0 aliphatic rings. The summed E-state index contributed by atoms with van der Waals surface area (Å²) in [5, 5.41) is 22.9. The SMILES string of the molecule is C.[CH2-][N+](C)(C)CCNP(=O)(OCCCCCCCCCC(CCCCCCCC)SCCCCCCCO)OCCCCCCCCC(CCCCCCCCC)SCCCCCCCO. The Balaban J connectivity index is 0. The van der Waals surface area contributed by atoms with Gasteiger partial charge in [-0.1, -0.05) is 214 Å². The van der Waals surface area contributed by atoms with Gasteiger partial charge in [0.25, 0.3) is 0 Å². The van der Waals surface area contributed by atoms with Crippen molar-refractivity contribution < 1.29 is 28.3 Å². The van der Waals surface area contributed by atoms with Crippen LogP contribution in [0.25, 0.3) is 0 Å². The highest BCUT2D eigenvalue weighted by Crippen LogP contribution is 2.44. The molecule has 0 aliphatic heterocycles. The maximum atomic E-state index is 13.8.